The summed E-state index contributed by atoms with van der Waals surface area (Å²) in [7, 11) is 0. The van der Waals surface area contributed by atoms with Crippen LogP contribution in [0.2, 0.25) is 0 Å². The molecule has 1 heteroatoms. The smallest absolute Gasteiger partial charge is 0.00671 e. The maximum atomic E-state index is 6.37. The highest BCUT2D eigenvalue weighted by molar-refractivity contribution is 4.72. The van der Waals surface area contributed by atoms with Gasteiger partial charge in [-0.3, -0.25) is 0 Å². The molecule has 0 saturated carbocycles. The molecular formula is C18H39N. The standard InChI is InChI=1S/C18H39N/c1-4-7-8-9-10-11-12-13-16-18(19)17(14-5-2)15-6-3/h17-18H,4-16,19H2,1-3H3. The summed E-state index contributed by atoms with van der Waals surface area (Å²) in [5.74, 6) is 0.777. The summed E-state index contributed by atoms with van der Waals surface area (Å²) in [5.41, 5.74) is 6.37. The second-order valence-electron chi connectivity index (χ2n) is 6.26. The van der Waals surface area contributed by atoms with E-state index in [9.17, 15) is 0 Å². The predicted molar refractivity (Wildman–Crippen MR) is 88.5 cm³/mol. The van der Waals surface area contributed by atoms with Gasteiger partial charge in [-0.2, -0.15) is 0 Å². The second-order valence-corrected chi connectivity index (χ2v) is 6.26. The van der Waals surface area contributed by atoms with Gasteiger partial charge in [0, 0.05) is 6.04 Å². The molecule has 0 amide bonds. The number of hydrogen-bond acceptors (Lipinski definition) is 1. The van der Waals surface area contributed by atoms with Gasteiger partial charge < -0.3 is 5.73 Å². The van der Waals surface area contributed by atoms with Gasteiger partial charge in [-0.25, -0.2) is 0 Å². The molecule has 0 aliphatic rings. The van der Waals surface area contributed by atoms with Gasteiger partial charge >= 0.3 is 0 Å². The van der Waals surface area contributed by atoms with Gasteiger partial charge in [0.05, 0.1) is 0 Å². The van der Waals surface area contributed by atoms with Crippen molar-refractivity contribution in [2.45, 2.75) is 110 Å². The van der Waals surface area contributed by atoms with E-state index in [0.717, 1.165) is 5.92 Å². The summed E-state index contributed by atoms with van der Waals surface area (Å²) in [6.45, 7) is 6.85. The van der Waals surface area contributed by atoms with E-state index in [1.54, 1.807) is 0 Å². The van der Waals surface area contributed by atoms with Crippen molar-refractivity contribution in [2.75, 3.05) is 0 Å². The average molecular weight is 270 g/mol. The number of unbranched alkanes of at least 4 members (excludes halogenated alkanes) is 7. The molecule has 0 rings (SSSR count). The first kappa shape index (κ1) is 19.0. The number of nitrogens with two attached hydrogens (primary N) is 1. The second kappa shape index (κ2) is 14.4. The van der Waals surface area contributed by atoms with E-state index in [4.69, 9.17) is 5.73 Å². The zero-order chi connectivity index (χ0) is 14.3. The van der Waals surface area contributed by atoms with Gasteiger partial charge in [0.15, 0.2) is 0 Å². The minimum Gasteiger partial charge on any atom is -0.327 e. The highest BCUT2D eigenvalue weighted by atomic mass is 14.6. The normalized spacial score (nSPS) is 13.1. The molecule has 0 spiro atoms. The van der Waals surface area contributed by atoms with E-state index >= 15 is 0 Å². The molecule has 0 heterocycles. The third-order valence-electron chi connectivity index (χ3n) is 4.32. The Bertz CT molecular complexity index is 161. The van der Waals surface area contributed by atoms with Crippen LogP contribution in [0, 0.1) is 5.92 Å². The van der Waals surface area contributed by atoms with Crippen molar-refractivity contribution in [1.82, 2.24) is 0 Å². The molecule has 2 N–H and O–H groups in total. The quantitative estimate of drug-likeness (QED) is 0.381. The van der Waals surface area contributed by atoms with Crippen LogP contribution in [0.5, 0.6) is 0 Å². The van der Waals surface area contributed by atoms with Crippen LogP contribution < -0.4 is 5.73 Å². The summed E-state index contributed by atoms with van der Waals surface area (Å²) in [6.07, 6.45) is 17.7. The monoisotopic (exact) mass is 269 g/mol. The first-order valence-electron chi connectivity index (χ1n) is 9.01. The van der Waals surface area contributed by atoms with Gasteiger partial charge in [0.25, 0.3) is 0 Å². The summed E-state index contributed by atoms with van der Waals surface area (Å²) in [4.78, 5) is 0. The molecule has 0 aromatic heterocycles. The lowest BCUT2D eigenvalue weighted by molar-refractivity contribution is 0.339. The van der Waals surface area contributed by atoms with Gasteiger partial charge in [0.1, 0.15) is 0 Å². The van der Waals surface area contributed by atoms with Crippen LogP contribution in [-0.4, -0.2) is 6.04 Å². The maximum absolute atomic E-state index is 6.37. The van der Waals surface area contributed by atoms with Crippen molar-refractivity contribution in [3.05, 3.63) is 0 Å². The summed E-state index contributed by atoms with van der Waals surface area (Å²) < 4.78 is 0. The Morgan fingerprint density at radius 2 is 1.05 bits per heavy atom. The Labute approximate surface area is 122 Å². The van der Waals surface area contributed by atoms with E-state index in [1.807, 2.05) is 0 Å². The van der Waals surface area contributed by atoms with Gasteiger partial charge in [-0.15, -0.1) is 0 Å². The molecule has 1 unspecified atom stereocenters. The van der Waals surface area contributed by atoms with Crippen LogP contribution in [0.4, 0.5) is 0 Å². The van der Waals surface area contributed by atoms with Crippen molar-refractivity contribution < 1.29 is 0 Å². The van der Waals surface area contributed by atoms with Crippen LogP contribution >= 0.6 is 0 Å². The van der Waals surface area contributed by atoms with Gasteiger partial charge in [0.2, 0.25) is 0 Å². The molecular weight excluding hydrogens is 230 g/mol. The van der Waals surface area contributed by atoms with Gasteiger partial charge in [-0.1, -0.05) is 85.0 Å². The molecule has 0 fully saturated rings. The molecule has 116 valence electrons. The predicted octanol–water partition coefficient (Wildman–Crippen LogP) is 6.06. The Balaban J connectivity index is 3.47. The van der Waals surface area contributed by atoms with E-state index in [-0.39, 0.29) is 0 Å². The SMILES string of the molecule is CCCCCCCCCCC(N)C(CCC)CCC. The Kier molecular flexibility index (Phi) is 14.3. The maximum Gasteiger partial charge on any atom is 0.00671 e. The topological polar surface area (TPSA) is 26.0 Å². The summed E-state index contributed by atoms with van der Waals surface area (Å²) >= 11 is 0. The van der Waals surface area contributed by atoms with Crippen LogP contribution in [-0.2, 0) is 0 Å². The van der Waals surface area contributed by atoms with E-state index < -0.39 is 0 Å². The molecule has 0 aromatic carbocycles. The van der Waals surface area contributed by atoms with E-state index in [1.165, 1.54) is 83.5 Å². The molecule has 0 aliphatic heterocycles. The van der Waals surface area contributed by atoms with Crippen molar-refractivity contribution in [3.63, 3.8) is 0 Å². The van der Waals surface area contributed by atoms with Crippen molar-refractivity contribution in [2.24, 2.45) is 11.7 Å². The molecule has 19 heavy (non-hydrogen) atoms. The first-order valence-corrected chi connectivity index (χ1v) is 9.01. The minimum absolute atomic E-state index is 0.458. The minimum atomic E-state index is 0.458. The van der Waals surface area contributed by atoms with Crippen LogP contribution in [0.3, 0.4) is 0 Å². The molecule has 1 atom stereocenters. The van der Waals surface area contributed by atoms with Gasteiger partial charge in [-0.05, 0) is 25.2 Å². The van der Waals surface area contributed by atoms with Crippen LogP contribution in [0.15, 0.2) is 0 Å². The molecule has 0 aromatic rings. The largest absolute Gasteiger partial charge is 0.327 e. The molecule has 0 radical (unpaired) electrons. The molecule has 1 nitrogen and oxygen atoms in total. The number of hydrogen-bond donors (Lipinski definition) is 1. The first-order chi connectivity index (χ1) is 9.26. The Hall–Kier alpha value is -0.0400. The number of rotatable bonds is 14. The zero-order valence-electron chi connectivity index (χ0n) is 13.9. The third kappa shape index (κ3) is 11.5. The third-order valence-corrected chi connectivity index (χ3v) is 4.32. The fourth-order valence-electron chi connectivity index (χ4n) is 3.06. The van der Waals surface area contributed by atoms with Crippen molar-refractivity contribution >= 4 is 0 Å². The summed E-state index contributed by atoms with van der Waals surface area (Å²) in [6, 6.07) is 0.458. The Morgan fingerprint density at radius 1 is 0.579 bits per heavy atom. The fraction of sp³-hybridized carbons (Fsp3) is 1.00. The highest BCUT2D eigenvalue weighted by Gasteiger charge is 2.15. The lowest BCUT2D eigenvalue weighted by Gasteiger charge is -2.23. The van der Waals surface area contributed by atoms with Crippen molar-refractivity contribution in [3.8, 4) is 0 Å². The lowest BCUT2D eigenvalue weighted by atomic mass is 9.88. The fourth-order valence-corrected chi connectivity index (χ4v) is 3.06. The van der Waals surface area contributed by atoms with E-state index in [2.05, 4.69) is 20.8 Å². The average Bonchev–Trinajstić information content (AvgIpc) is 2.41. The molecule has 0 saturated heterocycles. The highest BCUT2D eigenvalue weighted by Crippen LogP contribution is 2.20. The van der Waals surface area contributed by atoms with Crippen LogP contribution in [0.25, 0.3) is 0 Å². The molecule has 0 aliphatic carbocycles. The lowest BCUT2D eigenvalue weighted by Crippen LogP contribution is -2.30. The van der Waals surface area contributed by atoms with Crippen molar-refractivity contribution in [1.29, 1.82) is 0 Å². The summed E-state index contributed by atoms with van der Waals surface area (Å²) in [5, 5.41) is 0. The zero-order valence-corrected chi connectivity index (χ0v) is 13.9. The molecule has 0 bridgehead atoms. The van der Waals surface area contributed by atoms with Crippen LogP contribution in [0.1, 0.15) is 104 Å². The van der Waals surface area contributed by atoms with E-state index in [0.29, 0.717) is 6.04 Å². The Morgan fingerprint density at radius 3 is 1.53 bits per heavy atom.